The van der Waals surface area contributed by atoms with E-state index in [0.717, 1.165) is 11.8 Å². The summed E-state index contributed by atoms with van der Waals surface area (Å²) in [7, 11) is -0.894. The van der Waals surface area contributed by atoms with Crippen LogP contribution in [0.15, 0.2) is 30.3 Å². The fraction of sp³-hybridized carbons (Fsp3) is 0.533. The fourth-order valence-corrected chi connectivity index (χ4v) is 2.15. The van der Waals surface area contributed by atoms with E-state index in [4.69, 9.17) is 10.5 Å². The summed E-state index contributed by atoms with van der Waals surface area (Å²) < 4.78 is 30.5. The van der Waals surface area contributed by atoms with E-state index in [1.807, 2.05) is 30.3 Å². The molecule has 0 heterocycles. The molecule has 1 aromatic rings. The first-order valence-electron chi connectivity index (χ1n) is 7.03. The molecule has 0 fully saturated rings. The number of hydrogen-bond acceptors (Lipinski definition) is 4. The topological polar surface area (TPSA) is 73.5 Å². The van der Waals surface area contributed by atoms with Crippen LogP contribution in [0.1, 0.15) is 31.7 Å². The quantitative estimate of drug-likeness (QED) is 0.477. The van der Waals surface area contributed by atoms with Crippen LogP contribution in [0.4, 0.5) is 8.78 Å². The zero-order valence-electron chi connectivity index (χ0n) is 12.6. The fourth-order valence-electron chi connectivity index (χ4n) is 1.48. The first kappa shape index (κ1) is 21.1. The first-order chi connectivity index (χ1) is 10.4. The summed E-state index contributed by atoms with van der Waals surface area (Å²) in [6.45, 7) is 2.04. The second-order valence-corrected chi connectivity index (χ2v) is 5.75. The number of aliphatic hydroxyl groups excluding tert-OH is 2. The molecule has 0 amide bonds. The molecule has 3 N–H and O–H groups in total. The molecule has 0 aromatic heterocycles. The van der Waals surface area contributed by atoms with Crippen molar-refractivity contribution in [3.63, 3.8) is 0 Å². The summed E-state index contributed by atoms with van der Waals surface area (Å²) in [6.07, 6.45) is -0.00422. The molecule has 126 valence electrons. The number of benzene rings is 1. The van der Waals surface area contributed by atoms with Crippen molar-refractivity contribution in [2.24, 2.45) is 0 Å². The molecule has 0 aliphatic heterocycles. The lowest BCUT2D eigenvalue weighted by molar-refractivity contribution is 0.0215. The summed E-state index contributed by atoms with van der Waals surface area (Å²) in [5.74, 6) is 0. The minimum Gasteiger partial charge on any atom is -0.393 e. The number of rotatable bonds is 9. The van der Waals surface area contributed by atoms with Crippen LogP contribution >= 0.6 is 8.81 Å². The lowest BCUT2D eigenvalue weighted by Gasteiger charge is -2.18. The van der Waals surface area contributed by atoms with Crippen molar-refractivity contribution in [1.82, 2.24) is 0 Å². The van der Waals surface area contributed by atoms with Crippen molar-refractivity contribution in [3.8, 4) is 0 Å². The summed E-state index contributed by atoms with van der Waals surface area (Å²) in [4.78, 5) is 0. The van der Waals surface area contributed by atoms with Gasteiger partial charge in [-0.25, -0.2) is 0 Å². The highest BCUT2D eigenvalue weighted by Gasteiger charge is 2.32. The molecule has 4 nitrogen and oxygen atoms in total. The Bertz CT molecular complexity index is 394. The van der Waals surface area contributed by atoms with Crippen LogP contribution in [0.3, 0.4) is 0 Å². The van der Waals surface area contributed by atoms with Crippen LogP contribution < -0.4 is 0 Å². The van der Waals surface area contributed by atoms with Crippen LogP contribution in [0.25, 0.3) is 0 Å². The zero-order valence-corrected chi connectivity index (χ0v) is 13.6. The Morgan fingerprint density at radius 1 is 1.36 bits per heavy atom. The van der Waals surface area contributed by atoms with Gasteiger partial charge in [-0.1, -0.05) is 30.3 Å². The maximum atomic E-state index is 13.0. The highest BCUT2D eigenvalue weighted by atomic mass is 31.1. The summed E-state index contributed by atoms with van der Waals surface area (Å²) in [5.41, 5.74) is -1.98. The monoisotopic (exact) mass is 335 g/mol. The van der Waals surface area contributed by atoms with Crippen molar-refractivity contribution in [3.05, 3.63) is 35.9 Å². The standard InChI is InChI=1S/C8H16F2NO2P.C7H8O/c1-2-13-14-8(9,10)6-7(12)4-3-5-11;8-6-7-4-2-1-3-5-7/h5,7,11-12,14H,2-4,6H2,1H3;1-5,8H,6H2. The van der Waals surface area contributed by atoms with Gasteiger partial charge in [0.2, 0.25) is 0 Å². The highest BCUT2D eigenvalue weighted by Crippen LogP contribution is 2.40. The largest absolute Gasteiger partial charge is 0.393 e. The van der Waals surface area contributed by atoms with Gasteiger partial charge in [0.05, 0.1) is 21.5 Å². The Morgan fingerprint density at radius 3 is 2.45 bits per heavy atom. The number of hydrogen-bond donors (Lipinski definition) is 3. The average Bonchev–Trinajstić information content (AvgIpc) is 2.52. The average molecular weight is 335 g/mol. The van der Waals surface area contributed by atoms with Gasteiger partial charge in [-0.3, -0.25) is 0 Å². The maximum Gasteiger partial charge on any atom is 0.288 e. The van der Waals surface area contributed by atoms with Gasteiger partial charge < -0.3 is 20.1 Å². The summed E-state index contributed by atoms with van der Waals surface area (Å²) in [6, 6.07) is 9.52. The van der Waals surface area contributed by atoms with Gasteiger partial charge in [-0.05, 0) is 31.5 Å². The van der Waals surface area contributed by atoms with E-state index in [0.29, 0.717) is 6.42 Å². The molecule has 1 rings (SSSR count). The van der Waals surface area contributed by atoms with Crippen LogP contribution in [0.2, 0.25) is 0 Å². The van der Waals surface area contributed by atoms with Crippen LogP contribution in [-0.2, 0) is 11.1 Å². The van der Waals surface area contributed by atoms with Crippen molar-refractivity contribution < 1.29 is 23.5 Å². The van der Waals surface area contributed by atoms with Crippen molar-refractivity contribution in [2.75, 3.05) is 6.61 Å². The van der Waals surface area contributed by atoms with Gasteiger partial charge >= 0.3 is 0 Å². The number of nitrogens with one attached hydrogen (secondary N) is 1. The molecule has 0 saturated heterocycles. The second-order valence-electron chi connectivity index (χ2n) is 4.52. The molecule has 0 aliphatic carbocycles. The van der Waals surface area contributed by atoms with E-state index in [1.54, 1.807) is 6.92 Å². The Kier molecular flexibility index (Phi) is 12.1. The number of aliphatic hydroxyl groups is 2. The van der Waals surface area contributed by atoms with Crippen LogP contribution in [0, 0.1) is 5.41 Å². The minimum atomic E-state index is -2.95. The van der Waals surface area contributed by atoms with E-state index < -0.39 is 27.0 Å². The number of halogens is 2. The van der Waals surface area contributed by atoms with Gasteiger partial charge in [0.15, 0.2) is 0 Å². The Morgan fingerprint density at radius 2 is 2.00 bits per heavy atom. The van der Waals surface area contributed by atoms with Gasteiger partial charge in [-0.2, -0.15) is 8.78 Å². The molecule has 0 bridgehead atoms. The Balaban J connectivity index is 0.000000461. The Labute approximate surface area is 131 Å². The van der Waals surface area contributed by atoms with Crippen molar-refractivity contribution in [2.45, 2.75) is 44.6 Å². The van der Waals surface area contributed by atoms with E-state index in [9.17, 15) is 13.9 Å². The third-order valence-electron chi connectivity index (χ3n) is 2.53. The van der Waals surface area contributed by atoms with Crippen LogP contribution in [-0.4, -0.2) is 34.8 Å². The maximum absolute atomic E-state index is 13.0. The van der Waals surface area contributed by atoms with Crippen molar-refractivity contribution in [1.29, 1.82) is 5.41 Å². The van der Waals surface area contributed by atoms with Gasteiger partial charge in [0.1, 0.15) is 0 Å². The zero-order chi connectivity index (χ0) is 16.8. The lowest BCUT2D eigenvalue weighted by atomic mass is 10.1. The summed E-state index contributed by atoms with van der Waals surface area (Å²) in [5, 5.41) is 24.4. The van der Waals surface area contributed by atoms with Gasteiger partial charge in [0, 0.05) is 13.0 Å². The molecule has 1 aromatic carbocycles. The van der Waals surface area contributed by atoms with E-state index in [-0.39, 0.29) is 19.6 Å². The third-order valence-corrected chi connectivity index (χ3v) is 3.46. The van der Waals surface area contributed by atoms with E-state index in [2.05, 4.69) is 4.52 Å². The SMILES string of the molecule is CCOPC(F)(F)CC(O)CCC=N.OCc1ccccc1. The smallest absolute Gasteiger partial charge is 0.288 e. The van der Waals surface area contributed by atoms with E-state index in [1.165, 1.54) is 0 Å². The molecule has 0 spiro atoms. The molecule has 7 heteroatoms. The Hall–Kier alpha value is -0.940. The van der Waals surface area contributed by atoms with Crippen molar-refractivity contribution >= 4 is 15.0 Å². The molecule has 0 radical (unpaired) electrons. The van der Waals surface area contributed by atoms with Crippen LogP contribution in [0.5, 0.6) is 0 Å². The molecular formula is C15H24F2NO3P. The predicted molar refractivity (Wildman–Crippen MR) is 85.9 cm³/mol. The third kappa shape index (κ3) is 11.7. The first-order valence-corrected chi connectivity index (χ1v) is 7.94. The van der Waals surface area contributed by atoms with Gasteiger partial charge in [0.25, 0.3) is 5.66 Å². The second kappa shape index (κ2) is 12.6. The number of alkyl halides is 2. The molecule has 22 heavy (non-hydrogen) atoms. The molecule has 2 unspecified atom stereocenters. The molecular weight excluding hydrogens is 311 g/mol. The molecule has 0 aliphatic rings. The highest BCUT2D eigenvalue weighted by molar-refractivity contribution is 7.33. The summed E-state index contributed by atoms with van der Waals surface area (Å²) >= 11 is 0. The molecule has 0 saturated carbocycles. The minimum absolute atomic E-state index is 0.140. The normalized spacial score (nSPS) is 12.8. The van der Waals surface area contributed by atoms with Gasteiger partial charge in [-0.15, -0.1) is 0 Å². The molecule has 2 atom stereocenters. The van der Waals surface area contributed by atoms with E-state index >= 15 is 0 Å². The predicted octanol–water partition coefficient (Wildman–Crippen LogP) is 3.57. The lowest BCUT2D eigenvalue weighted by Crippen LogP contribution is -2.20.